The Labute approximate surface area is 139 Å². The maximum atomic E-state index is 12.3. The van der Waals surface area contributed by atoms with Crippen LogP contribution in [0, 0.1) is 0 Å². The van der Waals surface area contributed by atoms with Crippen LogP contribution >= 0.6 is 23.6 Å². The van der Waals surface area contributed by atoms with E-state index in [4.69, 9.17) is 4.42 Å². The molecule has 2 heterocycles. The molecule has 0 saturated heterocycles. The Bertz CT molecular complexity index is 1120. The number of isothiocyanates is 1. The number of nitrogens with zero attached hydrogens (tertiary/aromatic N) is 2. The predicted octanol–water partition coefficient (Wildman–Crippen LogP) is 4.80. The molecule has 0 saturated carbocycles. The number of benzene rings is 2. The number of aromatic nitrogens is 1. The molecule has 0 spiro atoms. The van der Waals surface area contributed by atoms with Crippen LogP contribution in [0.25, 0.3) is 31.8 Å². The lowest BCUT2D eigenvalue weighted by molar-refractivity contribution is 0.563. The van der Waals surface area contributed by atoms with Gasteiger partial charge in [-0.3, -0.25) is 0 Å². The Morgan fingerprint density at radius 1 is 1.17 bits per heavy atom. The van der Waals surface area contributed by atoms with E-state index < -0.39 is 5.63 Å². The summed E-state index contributed by atoms with van der Waals surface area (Å²) in [5, 5.41) is 3.76. The minimum absolute atomic E-state index is 0.417. The molecule has 0 aliphatic rings. The molecule has 4 aromatic rings. The molecule has 0 unspecified atom stereocenters. The molecule has 2 aromatic carbocycles. The van der Waals surface area contributed by atoms with Crippen LogP contribution in [0.4, 0.5) is 5.69 Å². The second-order valence-electron chi connectivity index (χ2n) is 4.86. The molecule has 2 aromatic heterocycles. The van der Waals surface area contributed by atoms with E-state index in [-0.39, 0.29) is 0 Å². The van der Waals surface area contributed by atoms with Crippen LogP contribution < -0.4 is 5.63 Å². The zero-order chi connectivity index (χ0) is 15.8. The Morgan fingerprint density at radius 2 is 2.04 bits per heavy atom. The Morgan fingerprint density at radius 3 is 2.87 bits per heavy atom. The molecule has 0 radical (unpaired) electrons. The minimum Gasteiger partial charge on any atom is -0.422 e. The second kappa shape index (κ2) is 5.52. The number of fused-ring (bicyclic) bond motifs is 2. The molecular weight excluding hydrogens is 328 g/mol. The van der Waals surface area contributed by atoms with E-state index >= 15 is 0 Å². The predicted molar refractivity (Wildman–Crippen MR) is 95.8 cm³/mol. The number of aliphatic imine (C=N–C) groups is 1. The number of hydrogen-bond acceptors (Lipinski definition) is 6. The van der Waals surface area contributed by atoms with Crippen LogP contribution in [-0.2, 0) is 0 Å². The zero-order valence-electron chi connectivity index (χ0n) is 11.6. The van der Waals surface area contributed by atoms with Crippen LogP contribution in [0.3, 0.4) is 0 Å². The summed E-state index contributed by atoms with van der Waals surface area (Å²) in [5.41, 5.74) is 1.98. The first-order valence-corrected chi connectivity index (χ1v) is 7.99. The van der Waals surface area contributed by atoms with Gasteiger partial charge in [-0.2, -0.15) is 4.99 Å². The first kappa shape index (κ1) is 14.0. The average molecular weight is 336 g/mol. The summed E-state index contributed by atoms with van der Waals surface area (Å²) in [6.07, 6.45) is 0. The van der Waals surface area contributed by atoms with Gasteiger partial charge in [-0.15, -0.1) is 11.3 Å². The van der Waals surface area contributed by atoms with Gasteiger partial charge in [-0.05, 0) is 42.5 Å². The fourth-order valence-electron chi connectivity index (χ4n) is 2.36. The molecule has 0 aliphatic heterocycles. The number of hydrogen-bond donors (Lipinski definition) is 0. The molecule has 23 heavy (non-hydrogen) atoms. The lowest BCUT2D eigenvalue weighted by Crippen LogP contribution is -2.02. The summed E-state index contributed by atoms with van der Waals surface area (Å²) in [7, 11) is 0. The van der Waals surface area contributed by atoms with Crippen molar-refractivity contribution in [3.63, 3.8) is 0 Å². The van der Waals surface area contributed by atoms with Crippen LogP contribution in [0.2, 0.25) is 0 Å². The van der Waals surface area contributed by atoms with Gasteiger partial charge in [0, 0.05) is 11.5 Å². The summed E-state index contributed by atoms with van der Waals surface area (Å²) in [4.78, 5) is 20.7. The molecule has 6 heteroatoms. The molecule has 0 fully saturated rings. The quantitative estimate of drug-likeness (QED) is 0.300. The molecule has 4 nitrogen and oxygen atoms in total. The third-order valence-electron chi connectivity index (χ3n) is 3.42. The SMILES string of the molecule is O=c1oc2cc(N=C=S)ccc2cc1-c1nc2ccccc2s1. The summed E-state index contributed by atoms with van der Waals surface area (Å²) in [6.45, 7) is 0. The van der Waals surface area contributed by atoms with E-state index in [0.29, 0.717) is 21.8 Å². The lowest BCUT2D eigenvalue weighted by Gasteiger charge is -2.00. The van der Waals surface area contributed by atoms with E-state index in [0.717, 1.165) is 15.6 Å². The third-order valence-corrected chi connectivity index (χ3v) is 4.58. The lowest BCUT2D eigenvalue weighted by atomic mass is 10.2. The molecule has 0 bridgehead atoms. The van der Waals surface area contributed by atoms with Crippen molar-refractivity contribution in [2.24, 2.45) is 4.99 Å². The van der Waals surface area contributed by atoms with Gasteiger partial charge in [0.2, 0.25) is 0 Å². The second-order valence-corrected chi connectivity index (χ2v) is 6.07. The fraction of sp³-hybridized carbons (Fsp3) is 0. The molecule has 0 aliphatic carbocycles. The number of para-hydroxylation sites is 1. The smallest absolute Gasteiger partial charge is 0.346 e. The highest BCUT2D eigenvalue weighted by atomic mass is 32.1. The Balaban J connectivity index is 1.93. The standard InChI is InChI=1S/C17H8N2O2S2/c20-17-12(16-19-13-3-1-2-4-15(13)23-16)7-10-5-6-11(18-9-22)8-14(10)21-17/h1-8H. The summed E-state index contributed by atoms with van der Waals surface area (Å²) >= 11 is 6.05. The van der Waals surface area contributed by atoms with Crippen molar-refractivity contribution in [2.75, 3.05) is 0 Å². The molecular formula is C17H8N2O2S2. The fourth-order valence-corrected chi connectivity index (χ4v) is 3.43. The van der Waals surface area contributed by atoms with Crippen molar-refractivity contribution in [2.45, 2.75) is 0 Å². The molecule has 110 valence electrons. The van der Waals surface area contributed by atoms with E-state index in [1.54, 1.807) is 18.2 Å². The highest BCUT2D eigenvalue weighted by Crippen LogP contribution is 2.30. The maximum absolute atomic E-state index is 12.3. The van der Waals surface area contributed by atoms with E-state index in [2.05, 4.69) is 27.4 Å². The van der Waals surface area contributed by atoms with Gasteiger partial charge >= 0.3 is 5.63 Å². The first-order valence-electron chi connectivity index (χ1n) is 6.76. The Hall–Kier alpha value is -2.66. The van der Waals surface area contributed by atoms with Crippen LogP contribution in [-0.4, -0.2) is 10.1 Å². The van der Waals surface area contributed by atoms with Gasteiger partial charge in [0.15, 0.2) is 0 Å². The van der Waals surface area contributed by atoms with Crippen molar-refractivity contribution >= 4 is 55.6 Å². The Kier molecular flexibility index (Phi) is 3.35. The number of rotatable bonds is 2. The van der Waals surface area contributed by atoms with Gasteiger partial charge in [0.1, 0.15) is 10.6 Å². The average Bonchev–Trinajstić information content (AvgIpc) is 2.98. The van der Waals surface area contributed by atoms with Crippen molar-refractivity contribution < 1.29 is 4.42 Å². The van der Waals surface area contributed by atoms with Gasteiger partial charge in [0.25, 0.3) is 0 Å². The van der Waals surface area contributed by atoms with Crippen LogP contribution in [0.1, 0.15) is 0 Å². The van der Waals surface area contributed by atoms with Crippen LogP contribution in [0.5, 0.6) is 0 Å². The number of thiocarbonyl (C=S) groups is 1. The van der Waals surface area contributed by atoms with Crippen molar-refractivity contribution in [3.05, 3.63) is 59.0 Å². The molecule has 4 rings (SSSR count). The van der Waals surface area contributed by atoms with E-state index in [1.807, 2.05) is 30.3 Å². The van der Waals surface area contributed by atoms with Crippen molar-refractivity contribution in [1.29, 1.82) is 0 Å². The van der Waals surface area contributed by atoms with Gasteiger partial charge in [-0.1, -0.05) is 12.1 Å². The topological polar surface area (TPSA) is 55.5 Å². The van der Waals surface area contributed by atoms with E-state index in [1.165, 1.54) is 11.3 Å². The first-order chi connectivity index (χ1) is 11.2. The normalized spacial score (nSPS) is 10.8. The highest BCUT2D eigenvalue weighted by molar-refractivity contribution is 7.78. The van der Waals surface area contributed by atoms with Gasteiger partial charge in [0.05, 0.1) is 26.6 Å². The molecule has 0 atom stereocenters. The summed E-state index contributed by atoms with van der Waals surface area (Å²) < 4.78 is 6.45. The maximum Gasteiger partial charge on any atom is 0.346 e. The number of thiazole rings is 1. The van der Waals surface area contributed by atoms with Crippen molar-refractivity contribution in [1.82, 2.24) is 4.98 Å². The van der Waals surface area contributed by atoms with Gasteiger partial charge < -0.3 is 4.42 Å². The monoisotopic (exact) mass is 336 g/mol. The highest BCUT2D eigenvalue weighted by Gasteiger charge is 2.12. The zero-order valence-corrected chi connectivity index (χ0v) is 13.3. The largest absolute Gasteiger partial charge is 0.422 e. The van der Waals surface area contributed by atoms with Crippen molar-refractivity contribution in [3.8, 4) is 10.6 Å². The third kappa shape index (κ3) is 2.49. The minimum atomic E-state index is -0.417. The summed E-state index contributed by atoms with van der Waals surface area (Å²) in [6, 6.07) is 14.9. The van der Waals surface area contributed by atoms with E-state index in [9.17, 15) is 4.79 Å². The van der Waals surface area contributed by atoms with Crippen LogP contribution in [0.15, 0.2) is 62.7 Å². The van der Waals surface area contributed by atoms with Gasteiger partial charge in [-0.25, -0.2) is 9.78 Å². The summed E-state index contributed by atoms with van der Waals surface area (Å²) in [5.74, 6) is 0. The molecule has 0 amide bonds. The molecule has 0 N–H and O–H groups in total.